The van der Waals surface area contributed by atoms with Crippen LogP contribution in [0, 0.1) is 25.2 Å². The molecule has 1 heterocycles. The van der Waals surface area contributed by atoms with Gasteiger partial charge in [-0.1, -0.05) is 47.6 Å². The van der Waals surface area contributed by atoms with Crippen LogP contribution in [-0.4, -0.2) is 24.1 Å². The van der Waals surface area contributed by atoms with Crippen molar-refractivity contribution in [2.45, 2.75) is 25.5 Å². The molecule has 0 aromatic heterocycles. The first-order chi connectivity index (χ1) is 13.9. The van der Waals surface area contributed by atoms with Gasteiger partial charge in [-0.15, -0.1) is 0 Å². The Kier molecular flexibility index (Phi) is 6.31. The smallest absolute Gasteiger partial charge is 0.264 e. The second-order valence-electron chi connectivity index (χ2n) is 6.72. The minimum Gasteiger partial charge on any atom is -0.354 e. The van der Waals surface area contributed by atoms with E-state index in [9.17, 15) is 14.9 Å². The van der Waals surface area contributed by atoms with Gasteiger partial charge in [0, 0.05) is 17.8 Å². The van der Waals surface area contributed by atoms with E-state index in [1.54, 1.807) is 6.07 Å². The molecule has 7 heteroatoms. The normalized spacial score (nSPS) is 17.8. The van der Waals surface area contributed by atoms with Gasteiger partial charge in [0.2, 0.25) is 5.91 Å². The van der Waals surface area contributed by atoms with Crippen LogP contribution < -0.4 is 10.2 Å². The average Bonchev–Trinajstić information content (AvgIpc) is 3.02. The molecule has 1 aliphatic rings. The number of aryl methyl sites for hydroxylation is 2. The predicted molar refractivity (Wildman–Crippen MR) is 117 cm³/mol. The van der Waals surface area contributed by atoms with Gasteiger partial charge in [-0.2, -0.15) is 5.26 Å². The maximum atomic E-state index is 13.3. The summed E-state index contributed by atoms with van der Waals surface area (Å²) in [5.41, 5.74) is 3.52. The maximum Gasteiger partial charge on any atom is 0.264 e. The van der Waals surface area contributed by atoms with Crippen molar-refractivity contribution >= 4 is 40.9 Å². The first-order valence-electron chi connectivity index (χ1n) is 9.05. The highest BCUT2D eigenvalue weighted by molar-refractivity contribution is 8.05. The van der Waals surface area contributed by atoms with Crippen LogP contribution in [0.3, 0.4) is 0 Å². The van der Waals surface area contributed by atoms with E-state index in [-0.39, 0.29) is 11.5 Å². The zero-order chi connectivity index (χ0) is 21.1. The third-order valence-corrected chi connectivity index (χ3v) is 6.48. The third kappa shape index (κ3) is 4.16. The van der Waals surface area contributed by atoms with Gasteiger partial charge in [-0.25, -0.2) is 0 Å². The summed E-state index contributed by atoms with van der Waals surface area (Å²) in [6.07, 6.45) is 0.403. The van der Waals surface area contributed by atoms with Crippen LogP contribution in [0.25, 0.3) is 0 Å². The molecule has 3 rings (SSSR count). The molecular formula is C22H20ClN3O2S. The van der Waals surface area contributed by atoms with Crippen molar-refractivity contribution in [1.29, 1.82) is 5.26 Å². The number of halogens is 1. The summed E-state index contributed by atoms with van der Waals surface area (Å²) in [5, 5.41) is 12.5. The summed E-state index contributed by atoms with van der Waals surface area (Å²) in [6.45, 7) is 3.95. The van der Waals surface area contributed by atoms with Gasteiger partial charge in [0.25, 0.3) is 5.91 Å². The van der Waals surface area contributed by atoms with E-state index in [0.717, 1.165) is 16.7 Å². The van der Waals surface area contributed by atoms with Crippen LogP contribution in [0.4, 0.5) is 5.69 Å². The zero-order valence-corrected chi connectivity index (χ0v) is 17.9. The minimum atomic E-state index is -0.518. The Labute approximate surface area is 179 Å². The average molecular weight is 426 g/mol. The Hall–Kier alpha value is -2.75. The number of nitrogens with zero attached hydrogens (tertiary/aromatic N) is 2. The molecule has 1 unspecified atom stereocenters. The monoisotopic (exact) mass is 425 g/mol. The Morgan fingerprint density at radius 1 is 1.24 bits per heavy atom. The quantitative estimate of drug-likeness (QED) is 0.590. The van der Waals surface area contributed by atoms with Gasteiger partial charge in [0.05, 0.1) is 5.25 Å². The number of anilines is 1. The fourth-order valence-electron chi connectivity index (χ4n) is 3.08. The molecule has 2 amide bonds. The van der Waals surface area contributed by atoms with Crippen LogP contribution in [0.5, 0.6) is 0 Å². The molecule has 148 valence electrons. The number of thioether (sulfide) groups is 1. The first kappa shape index (κ1) is 21.0. The number of hydrogen-bond donors (Lipinski definition) is 1. The Bertz CT molecular complexity index is 1060. The van der Waals surface area contributed by atoms with Crippen LogP contribution in [0.15, 0.2) is 53.1 Å². The summed E-state index contributed by atoms with van der Waals surface area (Å²) >= 11 is 7.50. The Morgan fingerprint density at radius 3 is 2.59 bits per heavy atom. The number of benzene rings is 2. The van der Waals surface area contributed by atoms with Crippen LogP contribution in [0.1, 0.15) is 16.7 Å². The van der Waals surface area contributed by atoms with Gasteiger partial charge < -0.3 is 5.32 Å². The number of nitrogens with one attached hydrogen (secondary N) is 1. The fourth-order valence-corrected chi connectivity index (χ4v) is 4.58. The number of carbonyl (C=O) groups excluding carboxylic acids is 2. The molecule has 5 nitrogen and oxygen atoms in total. The molecule has 1 aliphatic heterocycles. The number of carbonyl (C=O) groups is 2. The molecule has 29 heavy (non-hydrogen) atoms. The van der Waals surface area contributed by atoms with E-state index in [2.05, 4.69) is 5.32 Å². The van der Waals surface area contributed by atoms with Crippen LogP contribution in [-0.2, 0) is 16.0 Å². The molecule has 0 aliphatic carbocycles. The molecule has 2 aromatic rings. The number of hydrogen-bond acceptors (Lipinski definition) is 4. The predicted octanol–water partition coefficient (Wildman–Crippen LogP) is 4.13. The van der Waals surface area contributed by atoms with Gasteiger partial charge in [0.1, 0.15) is 16.7 Å². The second kappa shape index (κ2) is 8.73. The first-order valence-corrected chi connectivity index (χ1v) is 10.3. The maximum absolute atomic E-state index is 13.3. The molecule has 1 saturated heterocycles. The molecule has 0 spiro atoms. The minimum absolute atomic E-state index is 0.0780. The summed E-state index contributed by atoms with van der Waals surface area (Å²) in [5.74, 6) is -0.695. The van der Waals surface area contributed by atoms with Crippen molar-refractivity contribution in [1.82, 2.24) is 5.32 Å². The van der Waals surface area contributed by atoms with Crippen molar-refractivity contribution < 1.29 is 9.59 Å². The van der Waals surface area contributed by atoms with E-state index in [1.807, 2.05) is 56.3 Å². The van der Waals surface area contributed by atoms with E-state index in [1.165, 1.54) is 23.7 Å². The third-order valence-electron chi connectivity index (χ3n) is 4.84. The molecule has 1 atom stereocenters. The van der Waals surface area contributed by atoms with Gasteiger partial charge in [-0.05, 0) is 55.2 Å². The standard InChI is InChI=1S/C22H20ClN3O2S/c1-13-8-9-16(10-14(13)2)26-21(28)19(11-15-6-4-5-7-18(15)23)29-22(26)17(12-24)20(27)25-3/h4-10,19H,11H2,1-3H3,(H,25,27)/b22-17-. The molecule has 1 N–H and O–H groups in total. The molecule has 2 aromatic carbocycles. The van der Waals surface area contributed by atoms with E-state index < -0.39 is 11.2 Å². The summed E-state index contributed by atoms with van der Waals surface area (Å²) in [7, 11) is 1.46. The van der Waals surface area contributed by atoms with E-state index in [4.69, 9.17) is 11.6 Å². The van der Waals surface area contributed by atoms with Crippen molar-refractivity contribution in [3.05, 3.63) is 74.8 Å². The Balaban J connectivity index is 2.09. The SMILES string of the molecule is CNC(=O)/C(C#N)=C1\SC(Cc2ccccc2Cl)C(=O)N1c1ccc(C)c(C)c1. The highest BCUT2D eigenvalue weighted by Crippen LogP contribution is 2.42. The van der Waals surface area contributed by atoms with Gasteiger partial charge in [-0.3, -0.25) is 14.5 Å². The van der Waals surface area contributed by atoms with Gasteiger partial charge >= 0.3 is 0 Å². The topological polar surface area (TPSA) is 73.2 Å². The van der Waals surface area contributed by atoms with E-state index in [0.29, 0.717) is 22.2 Å². The largest absolute Gasteiger partial charge is 0.354 e. The number of nitriles is 1. The van der Waals surface area contributed by atoms with E-state index >= 15 is 0 Å². The number of likely N-dealkylation sites (N-methyl/N-ethyl adjacent to an activating group) is 1. The van der Waals surface area contributed by atoms with Crippen LogP contribution >= 0.6 is 23.4 Å². The second-order valence-corrected chi connectivity index (χ2v) is 8.31. The lowest BCUT2D eigenvalue weighted by atomic mass is 10.1. The van der Waals surface area contributed by atoms with Crippen molar-refractivity contribution in [3.63, 3.8) is 0 Å². The highest BCUT2D eigenvalue weighted by atomic mass is 35.5. The zero-order valence-electron chi connectivity index (χ0n) is 16.3. The van der Waals surface area contributed by atoms with Crippen molar-refractivity contribution in [2.75, 3.05) is 11.9 Å². The summed E-state index contributed by atoms with van der Waals surface area (Å²) in [4.78, 5) is 27.1. The Morgan fingerprint density at radius 2 is 1.97 bits per heavy atom. The number of amides is 2. The lowest BCUT2D eigenvalue weighted by molar-refractivity contribution is -0.117. The van der Waals surface area contributed by atoms with Crippen molar-refractivity contribution in [2.24, 2.45) is 0 Å². The highest BCUT2D eigenvalue weighted by Gasteiger charge is 2.41. The molecular weight excluding hydrogens is 406 g/mol. The molecule has 1 fully saturated rings. The lowest BCUT2D eigenvalue weighted by Gasteiger charge is -2.19. The fraction of sp³-hybridized carbons (Fsp3) is 0.227. The number of rotatable bonds is 4. The molecule has 0 saturated carbocycles. The summed E-state index contributed by atoms with van der Waals surface area (Å²) < 4.78 is 0. The molecule has 0 bridgehead atoms. The lowest BCUT2D eigenvalue weighted by Crippen LogP contribution is -2.31. The summed E-state index contributed by atoms with van der Waals surface area (Å²) in [6, 6.07) is 15.0. The van der Waals surface area contributed by atoms with Crippen molar-refractivity contribution in [3.8, 4) is 6.07 Å². The van der Waals surface area contributed by atoms with Crippen LogP contribution in [0.2, 0.25) is 5.02 Å². The molecule has 0 radical (unpaired) electrons. The van der Waals surface area contributed by atoms with Gasteiger partial charge in [0.15, 0.2) is 0 Å².